The number of carboxylic acids is 1. The largest absolute Gasteiger partial charge is 0.507 e. The molecule has 78 valence electrons. The maximum absolute atomic E-state index is 10.2. The second kappa shape index (κ2) is 4.91. The highest BCUT2D eigenvalue weighted by molar-refractivity contribution is 5.70. The number of aromatic hydroxyl groups is 1. The van der Waals surface area contributed by atoms with E-state index in [0.29, 0.717) is 11.3 Å². The molecule has 0 aliphatic carbocycles. The van der Waals surface area contributed by atoms with E-state index in [2.05, 4.69) is 11.8 Å². The molecule has 0 amide bonds. The van der Waals surface area contributed by atoms with Gasteiger partial charge in [-0.3, -0.25) is 4.79 Å². The maximum Gasteiger partial charge on any atom is 0.315 e. The van der Waals surface area contributed by atoms with Gasteiger partial charge < -0.3 is 14.9 Å². The molecule has 1 aromatic carbocycles. The Morgan fingerprint density at radius 3 is 2.87 bits per heavy atom. The number of phenolic OH excluding ortho intramolecular Hbond substituents is 1. The third-order valence-corrected chi connectivity index (χ3v) is 1.67. The van der Waals surface area contributed by atoms with Crippen molar-refractivity contribution in [3.05, 3.63) is 23.8 Å². The van der Waals surface area contributed by atoms with Gasteiger partial charge in [-0.05, 0) is 18.2 Å². The van der Waals surface area contributed by atoms with Crippen LogP contribution in [0.4, 0.5) is 0 Å². The quantitative estimate of drug-likeness (QED) is 0.714. The molecule has 1 aromatic rings. The second-order valence-electron chi connectivity index (χ2n) is 2.76. The molecule has 0 aliphatic heterocycles. The van der Waals surface area contributed by atoms with Crippen molar-refractivity contribution in [3.63, 3.8) is 0 Å². The number of carboxylic acid groups (broad SMARTS) is 1. The van der Waals surface area contributed by atoms with Gasteiger partial charge in [0.1, 0.15) is 17.9 Å². The van der Waals surface area contributed by atoms with Gasteiger partial charge in [-0.15, -0.1) is 0 Å². The molecule has 0 aliphatic rings. The van der Waals surface area contributed by atoms with Crippen LogP contribution in [0.3, 0.4) is 0 Å². The minimum absolute atomic E-state index is 0.00805. The number of rotatable bonds is 2. The van der Waals surface area contributed by atoms with E-state index >= 15 is 0 Å². The number of carbonyl (C=O) groups is 1. The Hall–Kier alpha value is -2.15. The summed E-state index contributed by atoms with van der Waals surface area (Å²) in [6, 6.07) is 4.59. The molecule has 0 aromatic heterocycles. The van der Waals surface area contributed by atoms with Crippen LogP contribution in [0.2, 0.25) is 0 Å². The second-order valence-corrected chi connectivity index (χ2v) is 2.76. The van der Waals surface area contributed by atoms with Crippen molar-refractivity contribution in [1.82, 2.24) is 0 Å². The molecule has 0 saturated heterocycles. The van der Waals surface area contributed by atoms with Crippen molar-refractivity contribution >= 4 is 5.97 Å². The van der Waals surface area contributed by atoms with Gasteiger partial charge in [-0.2, -0.15) is 0 Å². The number of methoxy groups -OCH3 is 1. The Kier molecular flexibility index (Phi) is 3.58. The molecule has 0 radical (unpaired) electrons. The predicted molar refractivity (Wildman–Crippen MR) is 53.8 cm³/mol. The van der Waals surface area contributed by atoms with Crippen LogP contribution in [0.5, 0.6) is 11.5 Å². The molecule has 0 spiro atoms. The lowest BCUT2D eigenvalue weighted by Gasteiger charge is -2.01. The Morgan fingerprint density at radius 2 is 2.27 bits per heavy atom. The van der Waals surface area contributed by atoms with Gasteiger partial charge in [0.2, 0.25) is 0 Å². The zero-order valence-electron chi connectivity index (χ0n) is 8.15. The minimum Gasteiger partial charge on any atom is -0.507 e. The van der Waals surface area contributed by atoms with Gasteiger partial charge in [0, 0.05) is 0 Å². The van der Waals surface area contributed by atoms with E-state index in [1.807, 2.05) is 0 Å². The summed E-state index contributed by atoms with van der Waals surface area (Å²) in [6.45, 7) is 0. The lowest BCUT2D eigenvalue weighted by Crippen LogP contribution is -1.90. The van der Waals surface area contributed by atoms with Crippen LogP contribution in [0.25, 0.3) is 0 Å². The third-order valence-electron chi connectivity index (χ3n) is 1.67. The first-order valence-electron chi connectivity index (χ1n) is 4.21. The lowest BCUT2D eigenvalue weighted by atomic mass is 10.2. The van der Waals surface area contributed by atoms with E-state index in [4.69, 9.17) is 9.84 Å². The number of ether oxygens (including phenoxy) is 1. The van der Waals surface area contributed by atoms with Crippen molar-refractivity contribution in [2.45, 2.75) is 6.42 Å². The molecule has 2 N–H and O–H groups in total. The van der Waals surface area contributed by atoms with E-state index in [0.717, 1.165) is 0 Å². The van der Waals surface area contributed by atoms with Crippen molar-refractivity contribution in [3.8, 4) is 23.3 Å². The Labute approximate surface area is 87.1 Å². The average molecular weight is 206 g/mol. The molecule has 0 heterocycles. The first-order valence-corrected chi connectivity index (χ1v) is 4.21. The van der Waals surface area contributed by atoms with Crippen LogP contribution in [0.1, 0.15) is 12.0 Å². The van der Waals surface area contributed by atoms with Crippen LogP contribution < -0.4 is 4.74 Å². The molecule has 0 atom stereocenters. The summed E-state index contributed by atoms with van der Waals surface area (Å²) in [7, 11) is 1.50. The number of hydrogen-bond donors (Lipinski definition) is 2. The molecular weight excluding hydrogens is 196 g/mol. The molecule has 4 heteroatoms. The summed E-state index contributed by atoms with van der Waals surface area (Å²) >= 11 is 0. The van der Waals surface area contributed by atoms with Crippen LogP contribution in [0, 0.1) is 11.8 Å². The van der Waals surface area contributed by atoms with Crippen LogP contribution in [0.15, 0.2) is 18.2 Å². The van der Waals surface area contributed by atoms with Gasteiger partial charge in [0.15, 0.2) is 0 Å². The first kappa shape index (κ1) is 10.9. The summed E-state index contributed by atoms with van der Waals surface area (Å²) in [4.78, 5) is 10.2. The number of phenols is 1. The monoisotopic (exact) mass is 206 g/mol. The Bertz CT molecular complexity index is 426. The Morgan fingerprint density at radius 1 is 1.53 bits per heavy atom. The molecule has 0 unspecified atom stereocenters. The summed E-state index contributed by atoms with van der Waals surface area (Å²) in [5, 5.41) is 17.8. The van der Waals surface area contributed by atoms with Gasteiger partial charge >= 0.3 is 5.97 Å². The van der Waals surface area contributed by atoms with Crippen molar-refractivity contribution in [1.29, 1.82) is 0 Å². The third kappa shape index (κ3) is 3.24. The normalized spacial score (nSPS) is 8.87. The molecule has 1 rings (SSSR count). The summed E-state index contributed by atoms with van der Waals surface area (Å²) < 4.78 is 4.94. The van der Waals surface area contributed by atoms with Crippen LogP contribution in [-0.4, -0.2) is 23.3 Å². The van der Waals surface area contributed by atoms with Gasteiger partial charge in [0.05, 0.1) is 12.7 Å². The van der Waals surface area contributed by atoms with Crippen molar-refractivity contribution < 1.29 is 19.7 Å². The predicted octanol–water partition coefficient (Wildman–Crippen LogP) is 1.23. The fraction of sp³-hybridized carbons (Fsp3) is 0.182. The number of hydrogen-bond acceptors (Lipinski definition) is 3. The number of aliphatic carboxylic acids is 1. The van der Waals surface area contributed by atoms with Gasteiger partial charge in [0.25, 0.3) is 0 Å². The number of benzene rings is 1. The Balaban J connectivity index is 2.91. The van der Waals surface area contributed by atoms with E-state index in [9.17, 15) is 9.90 Å². The highest BCUT2D eigenvalue weighted by Crippen LogP contribution is 2.21. The highest BCUT2D eigenvalue weighted by atomic mass is 16.5. The molecule has 4 nitrogen and oxygen atoms in total. The molecular formula is C11H10O4. The smallest absolute Gasteiger partial charge is 0.315 e. The summed E-state index contributed by atoms with van der Waals surface area (Å²) in [5.74, 6) is 4.56. The van der Waals surface area contributed by atoms with E-state index in [-0.39, 0.29) is 12.2 Å². The van der Waals surface area contributed by atoms with Crippen molar-refractivity contribution in [2.75, 3.05) is 7.11 Å². The van der Waals surface area contributed by atoms with E-state index < -0.39 is 5.97 Å². The summed E-state index contributed by atoms with van der Waals surface area (Å²) in [6.07, 6.45) is -0.253. The van der Waals surface area contributed by atoms with E-state index in [1.54, 1.807) is 12.1 Å². The molecule has 0 saturated carbocycles. The highest BCUT2D eigenvalue weighted by Gasteiger charge is 1.99. The van der Waals surface area contributed by atoms with Gasteiger partial charge in [-0.25, -0.2) is 0 Å². The topological polar surface area (TPSA) is 66.8 Å². The molecule has 15 heavy (non-hydrogen) atoms. The zero-order valence-corrected chi connectivity index (χ0v) is 8.15. The minimum atomic E-state index is -0.995. The zero-order chi connectivity index (χ0) is 11.3. The maximum atomic E-state index is 10.2. The SMILES string of the molecule is COc1ccc(O)c(C#CCC(=O)O)c1. The summed E-state index contributed by atoms with van der Waals surface area (Å²) in [5.41, 5.74) is 0.357. The van der Waals surface area contributed by atoms with Crippen LogP contribution in [-0.2, 0) is 4.79 Å². The molecule has 0 bridgehead atoms. The fourth-order valence-electron chi connectivity index (χ4n) is 0.957. The molecule has 0 fully saturated rings. The van der Waals surface area contributed by atoms with Crippen molar-refractivity contribution in [2.24, 2.45) is 0 Å². The first-order chi connectivity index (χ1) is 7.13. The average Bonchev–Trinajstić information content (AvgIpc) is 2.20. The standard InChI is InChI=1S/C11H10O4/c1-15-9-5-6-10(12)8(7-9)3-2-4-11(13)14/h5-7,12H,4H2,1H3,(H,13,14). The van der Waals surface area contributed by atoms with Gasteiger partial charge in [-0.1, -0.05) is 11.8 Å². The fourth-order valence-corrected chi connectivity index (χ4v) is 0.957. The lowest BCUT2D eigenvalue weighted by molar-refractivity contribution is -0.135. The van der Waals surface area contributed by atoms with E-state index in [1.165, 1.54) is 13.2 Å². The van der Waals surface area contributed by atoms with Crippen LogP contribution >= 0.6 is 0 Å².